The lowest BCUT2D eigenvalue weighted by Gasteiger charge is -2.27. The van der Waals surface area contributed by atoms with E-state index in [0.717, 1.165) is 30.2 Å². The second-order valence-electron chi connectivity index (χ2n) is 7.05. The minimum absolute atomic E-state index is 0.347. The highest BCUT2D eigenvalue weighted by atomic mass is 32.2. The molecule has 25 heavy (non-hydrogen) atoms. The summed E-state index contributed by atoms with van der Waals surface area (Å²) in [6.45, 7) is 3.75. The van der Waals surface area contributed by atoms with Gasteiger partial charge in [0.05, 0.1) is 12.3 Å². The van der Waals surface area contributed by atoms with Crippen molar-refractivity contribution >= 4 is 10.0 Å². The highest BCUT2D eigenvalue weighted by molar-refractivity contribution is 7.88. The van der Waals surface area contributed by atoms with Crippen molar-refractivity contribution in [3.63, 3.8) is 0 Å². The maximum atomic E-state index is 14.3. The summed E-state index contributed by atoms with van der Waals surface area (Å²) < 4.78 is 39.3. The van der Waals surface area contributed by atoms with Crippen LogP contribution in [0.1, 0.15) is 33.1 Å². The van der Waals surface area contributed by atoms with Gasteiger partial charge in [0.2, 0.25) is 10.0 Å². The van der Waals surface area contributed by atoms with Crippen LogP contribution < -0.4 is 10.5 Å². The van der Waals surface area contributed by atoms with Gasteiger partial charge in [-0.25, -0.2) is 17.5 Å². The van der Waals surface area contributed by atoms with Crippen molar-refractivity contribution in [1.29, 1.82) is 0 Å². The van der Waals surface area contributed by atoms with E-state index in [4.69, 9.17) is 5.73 Å². The van der Waals surface area contributed by atoms with E-state index in [1.807, 2.05) is 37.3 Å². The van der Waals surface area contributed by atoms with Crippen LogP contribution in [0.25, 0.3) is 0 Å². The molecule has 0 spiro atoms. The maximum Gasteiger partial charge on any atom is 0.209 e. The van der Waals surface area contributed by atoms with Crippen LogP contribution in [0.3, 0.4) is 0 Å². The summed E-state index contributed by atoms with van der Waals surface area (Å²) in [7, 11) is -3.45. The summed E-state index contributed by atoms with van der Waals surface area (Å²) in [6, 6.07) is -0.813. The Balaban J connectivity index is 1.94. The van der Waals surface area contributed by atoms with Crippen molar-refractivity contribution in [1.82, 2.24) is 4.72 Å². The van der Waals surface area contributed by atoms with Gasteiger partial charge in [-0.1, -0.05) is 42.0 Å². The van der Waals surface area contributed by atoms with Crippen LogP contribution >= 0.6 is 0 Å². The SMILES string of the molecule is CC1=CC(CC/C=C/C2=CC=CCC2(C)N)=CC(F)C1NS(C)(=O)=O. The molecule has 0 fully saturated rings. The molecule has 3 unspecified atom stereocenters. The molecule has 138 valence electrons. The molecule has 3 atom stereocenters. The Morgan fingerprint density at radius 1 is 1.48 bits per heavy atom. The van der Waals surface area contributed by atoms with E-state index in [9.17, 15) is 12.8 Å². The van der Waals surface area contributed by atoms with E-state index in [0.29, 0.717) is 12.0 Å². The number of rotatable bonds is 6. The number of nitrogens with two attached hydrogens (primary N) is 1. The molecule has 0 heterocycles. The predicted octanol–water partition coefficient (Wildman–Crippen LogP) is 3.07. The molecule has 0 aromatic carbocycles. The Morgan fingerprint density at radius 2 is 2.20 bits per heavy atom. The molecule has 3 N–H and O–H groups in total. The van der Waals surface area contributed by atoms with Crippen molar-refractivity contribution < 1.29 is 12.8 Å². The standard InChI is InChI=1S/C19H27FN2O2S/c1-14-12-15(13-17(20)18(14)22-25(3,23)24)8-4-5-9-16-10-6-7-11-19(16,2)21/h5-7,9-10,12-13,17-18,22H,4,8,11,21H2,1-3H3/b9-5+. The van der Waals surface area contributed by atoms with Crippen molar-refractivity contribution in [3.05, 3.63) is 59.3 Å². The van der Waals surface area contributed by atoms with E-state index in [2.05, 4.69) is 10.8 Å². The lowest BCUT2D eigenvalue weighted by atomic mass is 9.85. The van der Waals surface area contributed by atoms with Gasteiger partial charge in [0.1, 0.15) is 6.17 Å². The first-order valence-corrected chi connectivity index (χ1v) is 10.3. The Bertz CT molecular complexity index is 758. The largest absolute Gasteiger partial charge is 0.321 e. The van der Waals surface area contributed by atoms with Gasteiger partial charge in [0.15, 0.2) is 0 Å². The number of sulfonamides is 1. The molecule has 2 rings (SSSR count). The smallest absolute Gasteiger partial charge is 0.209 e. The normalized spacial score (nSPS) is 30.2. The quantitative estimate of drug-likeness (QED) is 0.759. The minimum atomic E-state index is -3.45. The Morgan fingerprint density at radius 3 is 2.80 bits per heavy atom. The lowest BCUT2D eigenvalue weighted by molar-refractivity contribution is 0.342. The first-order valence-electron chi connectivity index (χ1n) is 8.41. The van der Waals surface area contributed by atoms with E-state index in [-0.39, 0.29) is 5.54 Å². The van der Waals surface area contributed by atoms with Gasteiger partial charge in [-0.15, -0.1) is 0 Å². The van der Waals surface area contributed by atoms with Crippen LogP contribution in [0.2, 0.25) is 0 Å². The molecule has 0 amide bonds. The van der Waals surface area contributed by atoms with Crippen LogP contribution in [-0.2, 0) is 10.0 Å². The zero-order valence-electron chi connectivity index (χ0n) is 15.0. The third-order valence-corrected chi connectivity index (χ3v) is 5.13. The topological polar surface area (TPSA) is 72.2 Å². The maximum absolute atomic E-state index is 14.3. The summed E-state index contributed by atoms with van der Waals surface area (Å²) in [5, 5.41) is 0. The van der Waals surface area contributed by atoms with Gasteiger partial charge < -0.3 is 5.73 Å². The molecule has 0 aliphatic heterocycles. The first-order chi connectivity index (χ1) is 11.6. The molecule has 0 saturated carbocycles. The Kier molecular flexibility index (Phi) is 6.19. The second kappa shape index (κ2) is 7.81. The highest BCUT2D eigenvalue weighted by Crippen LogP contribution is 2.26. The van der Waals surface area contributed by atoms with Crippen LogP contribution in [0.4, 0.5) is 4.39 Å². The molecule has 0 radical (unpaired) electrons. The second-order valence-corrected chi connectivity index (χ2v) is 8.83. The molecular formula is C19H27FN2O2S. The van der Waals surface area contributed by atoms with Gasteiger partial charge in [-0.3, -0.25) is 0 Å². The third kappa shape index (κ3) is 5.76. The molecule has 4 nitrogen and oxygen atoms in total. The molecule has 0 aromatic rings. The number of nitrogens with one attached hydrogen (secondary N) is 1. The summed E-state index contributed by atoms with van der Waals surface area (Å²) >= 11 is 0. The van der Waals surface area contributed by atoms with Crippen LogP contribution in [0, 0.1) is 0 Å². The van der Waals surface area contributed by atoms with E-state index < -0.39 is 22.2 Å². The average molecular weight is 367 g/mol. The van der Waals surface area contributed by atoms with Gasteiger partial charge >= 0.3 is 0 Å². The molecule has 0 bridgehead atoms. The van der Waals surface area contributed by atoms with Crippen LogP contribution in [0.15, 0.2) is 59.3 Å². The highest BCUT2D eigenvalue weighted by Gasteiger charge is 2.27. The lowest BCUT2D eigenvalue weighted by Crippen LogP contribution is -2.42. The zero-order valence-corrected chi connectivity index (χ0v) is 15.8. The Hall–Kier alpha value is -1.50. The zero-order chi connectivity index (χ0) is 18.7. The average Bonchev–Trinajstić information content (AvgIpc) is 2.47. The molecule has 0 saturated heterocycles. The number of hydrogen-bond donors (Lipinski definition) is 2. The fourth-order valence-electron chi connectivity index (χ4n) is 3.03. The van der Waals surface area contributed by atoms with Crippen LogP contribution in [-0.4, -0.2) is 32.4 Å². The molecule has 2 aliphatic carbocycles. The molecule has 0 aromatic heterocycles. The summed E-state index contributed by atoms with van der Waals surface area (Å²) in [5.41, 5.74) is 8.56. The van der Waals surface area contributed by atoms with Crippen LogP contribution in [0.5, 0.6) is 0 Å². The van der Waals surface area contributed by atoms with Gasteiger partial charge in [0.25, 0.3) is 0 Å². The minimum Gasteiger partial charge on any atom is -0.321 e. The van der Waals surface area contributed by atoms with Crippen molar-refractivity contribution in [2.45, 2.75) is 50.9 Å². The Labute approximate surface area is 150 Å². The van der Waals surface area contributed by atoms with Crippen molar-refractivity contribution in [2.75, 3.05) is 6.26 Å². The number of alkyl halides is 1. The number of halogens is 1. The van der Waals surface area contributed by atoms with Gasteiger partial charge in [-0.05, 0) is 50.3 Å². The molecular weight excluding hydrogens is 339 g/mol. The first kappa shape index (κ1) is 19.8. The monoisotopic (exact) mass is 366 g/mol. The molecule has 2 aliphatic rings. The van der Waals surface area contributed by atoms with Gasteiger partial charge in [0, 0.05) is 5.54 Å². The van der Waals surface area contributed by atoms with E-state index in [1.165, 1.54) is 6.08 Å². The summed E-state index contributed by atoms with van der Waals surface area (Å²) in [5.74, 6) is 0. The predicted molar refractivity (Wildman–Crippen MR) is 101 cm³/mol. The van der Waals surface area contributed by atoms with Gasteiger partial charge in [-0.2, -0.15) is 0 Å². The van der Waals surface area contributed by atoms with Crippen molar-refractivity contribution in [3.8, 4) is 0 Å². The van der Waals surface area contributed by atoms with Crippen molar-refractivity contribution in [2.24, 2.45) is 5.73 Å². The number of allylic oxidation sites excluding steroid dienone is 5. The fourth-order valence-corrected chi connectivity index (χ4v) is 3.80. The fraction of sp³-hybridized carbons (Fsp3) is 0.474. The third-order valence-electron chi connectivity index (χ3n) is 4.45. The summed E-state index contributed by atoms with van der Waals surface area (Å²) in [4.78, 5) is 0. The van der Waals surface area contributed by atoms with E-state index >= 15 is 0 Å². The molecule has 6 heteroatoms. The number of hydrogen-bond acceptors (Lipinski definition) is 3. The summed E-state index contributed by atoms with van der Waals surface area (Å²) in [6.07, 6.45) is 15.5. The van der Waals surface area contributed by atoms with E-state index in [1.54, 1.807) is 6.92 Å².